The Bertz CT molecular complexity index is 485. The Labute approximate surface area is 112 Å². The maximum atomic E-state index is 13.8. The molecular weight excluding hydrogens is 247 g/mol. The third kappa shape index (κ3) is 2.87. The van der Waals surface area contributed by atoms with E-state index in [0.717, 1.165) is 0 Å². The van der Waals surface area contributed by atoms with Crippen LogP contribution in [0.2, 0.25) is 0 Å². The number of likely N-dealkylation sites (tertiary alicyclic amines) is 1. The van der Waals surface area contributed by atoms with Gasteiger partial charge in [-0.1, -0.05) is 18.2 Å². The maximum absolute atomic E-state index is 13.8. The van der Waals surface area contributed by atoms with Crippen LogP contribution in [0.1, 0.15) is 32.4 Å². The number of benzene rings is 1. The third-order valence-electron chi connectivity index (χ3n) is 3.00. The van der Waals surface area contributed by atoms with Crippen LogP contribution in [-0.2, 0) is 4.74 Å². The summed E-state index contributed by atoms with van der Waals surface area (Å²) in [4.78, 5) is 13.5. The predicted molar refractivity (Wildman–Crippen MR) is 70.1 cm³/mol. The fourth-order valence-corrected chi connectivity index (χ4v) is 2.16. The zero-order valence-corrected chi connectivity index (χ0v) is 11.4. The highest BCUT2D eigenvalue weighted by Crippen LogP contribution is 2.34. The number of amides is 1. The molecule has 5 heteroatoms. The number of nitrogens with two attached hydrogens (primary N) is 1. The Morgan fingerprint density at radius 2 is 2.05 bits per heavy atom. The molecule has 1 aliphatic rings. The molecule has 104 valence electrons. The number of carbonyl (C=O) groups excluding carboxylic acids is 1. The smallest absolute Gasteiger partial charge is 0.410 e. The Hall–Kier alpha value is -1.62. The Kier molecular flexibility index (Phi) is 3.49. The molecule has 1 aliphatic heterocycles. The standard InChI is InChI=1S/C14H19FN2O2/c1-14(2,3)19-13(18)17-8-11(16)12(17)9-6-4-5-7-10(9)15/h4-7,11-12H,8,16H2,1-3H3. The van der Waals surface area contributed by atoms with Gasteiger partial charge in [-0.3, -0.25) is 4.90 Å². The lowest BCUT2D eigenvalue weighted by Gasteiger charge is -2.46. The van der Waals surface area contributed by atoms with Crippen LogP contribution in [0.15, 0.2) is 24.3 Å². The SMILES string of the molecule is CC(C)(C)OC(=O)N1CC(N)C1c1ccccc1F. The number of halogens is 1. The highest BCUT2D eigenvalue weighted by atomic mass is 19.1. The minimum absolute atomic E-state index is 0.260. The molecule has 2 rings (SSSR count). The molecule has 1 amide bonds. The summed E-state index contributed by atoms with van der Waals surface area (Å²) < 4.78 is 19.1. The first-order chi connectivity index (χ1) is 8.79. The van der Waals surface area contributed by atoms with Crippen LogP contribution >= 0.6 is 0 Å². The number of ether oxygens (including phenoxy) is 1. The van der Waals surface area contributed by atoms with Gasteiger partial charge in [0, 0.05) is 18.2 Å². The summed E-state index contributed by atoms with van der Waals surface area (Å²) in [6, 6.07) is 5.65. The van der Waals surface area contributed by atoms with Crippen LogP contribution in [0, 0.1) is 5.82 Å². The minimum Gasteiger partial charge on any atom is -0.444 e. The molecule has 1 saturated heterocycles. The van der Waals surface area contributed by atoms with Gasteiger partial charge in [0.1, 0.15) is 11.4 Å². The fraction of sp³-hybridized carbons (Fsp3) is 0.500. The zero-order valence-electron chi connectivity index (χ0n) is 11.4. The molecule has 0 radical (unpaired) electrons. The number of nitrogens with zero attached hydrogens (tertiary/aromatic N) is 1. The van der Waals surface area contributed by atoms with Gasteiger partial charge >= 0.3 is 6.09 Å². The van der Waals surface area contributed by atoms with Crippen molar-refractivity contribution in [3.8, 4) is 0 Å². The van der Waals surface area contributed by atoms with Crippen LogP contribution in [0.5, 0.6) is 0 Å². The van der Waals surface area contributed by atoms with E-state index in [1.54, 1.807) is 39.0 Å². The molecule has 2 atom stereocenters. The largest absolute Gasteiger partial charge is 0.444 e. The Morgan fingerprint density at radius 1 is 1.42 bits per heavy atom. The molecule has 0 aromatic heterocycles. The number of hydrogen-bond acceptors (Lipinski definition) is 3. The molecular formula is C14H19FN2O2. The topological polar surface area (TPSA) is 55.6 Å². The molecule has 2 unspecified atom stereocenters. The van der Waals surface area contributed by atoms with E-state index in [2.05, 4.69) is 0 Å². The van der Waals surface area contributed by atoms with Crippen molar-refractivity contribution in [1.29, 1.82) is 0 Å². The molecule has 4 nitrogen and oxygen atoms in total. The molecule has 1 aromatic carbocycles. The normalized spacial score (nSPS) is 22.9. The molecule has 1 heterocycles. The third-order valence-corrected chi connectivity index (χ3v) is 3.00. The van der Waals surface area contributed by atoms with Crippen molar-refractivity contribution in [2.24, 2.45) is 5.73 Å². The average Bonchev–Trinajstić information content (AvgIpc) is 2.26. The van der Waals surface area contributed by atoms with E-state index in [0.29, 0.717) is 12.1 Å². The maximum Gasteiger partial charge on any atom is 0.410 e. The van der Waals surface area contributed by atoms with Gasteiger partial charge in [-0.15, -0.1) is 0 Å². The number of rotatable bonds is 1. The van der Waals surface area contributed by atoms with Crippen molar-refractivity contribution in [2.45, 2.75) is 38.5 Å². The van der Waals surface area contributed by atoms with Gasteiger partial charge in [-0.05, 0) is 26.8 Å². The summed E-state index contributed by atoms with van der Waals surface area (Å²) in [7, 11) is 0. The molecule has 0 bridgehead atoms. The van der Waals surface area contributed by atoms with Gasteiger partial charge in [-0.2, -0.15) is 0 Å². The second kappa shape index (κ2) is 4.81. The quantitative estimate of drug-likeness (QED) is 0.849. The summed E-state index contributed by atoms with van der Waals surface area (Å²) in [5.74, 6) is -0.351. The van der Waals surface area contributed by atoms with E-state index in [1.165, 1.54) is 11.0 Å². The van der Waals surface area contributed by atoms with E-state index in [9.17, 15) is 9.18 Å². The van der Waals surface area contributed by atoms with Crippen molar-refractivity contribution >= 4 is 6.09 Å². The molecule has 2 N–H and O–H groups in total. The highest BCUT2D eigenvalue weighted by molar-refractivity contribution is 5.70. The second-order valence-electron chi connectivity index (χ2n) is 5.76. The van der Waals surface area contributed by atoms with Gasteiger partial charge < -0.3 is 10.5 Å². The van der Waals surface area contributed by atoms with Gasteiger partial charge in [-0.25, -0.2) is 9.18 Å². The minimum atomic E-state index is -0.573. The zero-order chi connectivity index (χ0) is 14.2. The Morgan fingerprint density at radius 3 is 2.58 bits per heavy atom. The monoisotopic (exact) mass is 266 g/mol. The highest BCUT2D eigenvalue weighted by Gasteiger charge is 2.43. The Balaban J connectivity index is 2.17. The lowest BCUT2D eigenvalue weighted by molar-refractivity contribution is -0.0140. The van der Waals surface area contributed by atoms with Crippen LogP contribution in [0.4, 0.5) is 9.18 Å². The van der Waals surface area contributed by atoms with Crippen molar-refractivity contribution in [2.75, 3.05) is 6.54 Å². The van der Waals surface area contributed by atoms with Crippen molar-refractivity contribution in [1.82, 2.24) is 4.90 Å². The molecule has 0 aliphatic carbocycles. The summed E-state index contributed by atoms with van der Waals surface area (Å²) in [5, 5.41) is 0. The van der Waals surface area contributed by atoms with Crippen molar-refractivity contribution in [3.63, 3.8) is 0 Å². The summed E-state index contributed by atoms with van der Waals surface area (Å²) in [6.07, 6.45) is -0.456. The van der Waals surface area contributed by atoms with E-state index in [-0.39, 0.29) is 11.9 Å². The van der Waals surface area contributed by atoms with Gasteiger partial charge in [0.2, 0.25) is 0 Å². The van der Waals surface area contributed by atoms with Gasteiger partial charge in [0.25, 0.3) is 0 Å². The van der Waals surface area contributed by atoms with Gasteiger partial charge in [0.05, 0.1) is 6.04 Å². The van der Waals surface area contributed by atoms with Crippen LogP contribution in [0.25, 0.3) is 0 Å². The second-order valence-corrected chi connectivity index (χ2v) is 5.76. The fourth-order valence-electron chi connectivity index (χ4n) is 2.16. The van der Waals surface area contributed by atoms with Crippen molar-refractivity contribution in [3.05, 3.63) is 35.6 Å². The van der Waals surface area contributed by atoms with E-state index >= 15 is 0 Å². The van der Waals surface area contributed by atoms with Gasteiger partial charge in [0.15, 0.2) is 0 Å². The van der Waals surface area contributed by atoms with Crippen LogP contribution in [0.3, 0.4) is 0 Å². The summed E-state index contributed by atoms with van der Waals surface area (Å²) >= 11 is 0. The predicted octanol–water partition coefficient (Wildman–Crippen LogP) is 2.44. The average molecular weight is 266 g/mol. The first kappa shape index (κ1) is 13.8. The number of hydrogen-bond donors (Lipinski definition) is 1. The van der Waals surface area contributed by atoms with E-state index < -0.39 is 17.7 Å². The molecule has 0 spiro atoms. The summed E-state index contributed by atoms with van der Waals surface area (Å²) in [6.45, 7) is 5.77. The van der Waals surface area contributed by atoms with Crippen LogP contribution < -0.4 is 5.73 Å². The van der Waals surface area contributed by atoms with Crippen molar-refractivity contribution < 1.29 is 13.9 Å². The summed E-state index contributed by atoms with van der Waals surface area (Å²) in [5.41, 5.74) is 5.76. The first-order valence-electron chi connectivity index (χ1n) is 6.29. The lowest BCUT2D eigenvalue weighted by atomic mass is 9.90. The lowest BCUT2D eigenvalue weighted by Crippen LogP contribution is -2.61. The first-order valence-corrected chi connectivity index (χ1v) is 6.29. The molecule has 1 aromatic rings. The van der Waals surface area contributed by atoms with Crippen LogP contribution in [-0.4, -0.2) is 29.2 Å². The van der Waals surface area contributed by atoms with E-state index in [4.69, 9.17) is 10.5 Å². The molecule has 19 heavy (non-hydrogen) atoms. The molecule has 0 saturated carbocycles. The van der Waals surface area contributed by atoms with E-state index in [1.807, 2.05) is 0 Å². The molecule has 1 fully saturated rings. The number of carbonyl (C=O) groups is 1.